The lowest BCUT2D eigenvalue weighted by atomic mass is 9.62. The Hall–Kier alpha value is -3.96. The van der Waals surface area contributed by atoms with Gasteiger partial charge < -0.3 is 23.7 Å². The normalized spacial score (nSPS) is 20.6. The Labute approximate surface area is 243 Å². The third kappa shape index (κ3) is 4.43. The van der Waals surface area contributed by atoms with Crippen molar-refractivity contribution in [1.82, 2.24) is 0 Å². The van der Waals surface area contributed by atoms with Crippen LogP contribution in [0.2, 0.25) is 0 Å². The first-order valence-corrected chi connectivity index (χ1v) is 14.4. The molecule has 212 valence electrons. The van der Waals surface area contributed by atoms with Crippen LogP contribution in [-0.4, -0.2) is 28.4 Å². The van der Waals surface area contributed by atoms with Crippen LogP contribution in [0.15, 0.2) is 97.1 Å². The maximum atomic E-state index is 7.86. The minimum atomic E-state index is -0.691. The molecule has 5 heteroatoms. The highest BCUT2D eigenvalue weighted by Gasteiger charge is 2.64. The van der Waals surface area contributed by atoms with E-state index in [9.17, 15) is 0 Å². The van der Waals surface area contributed by atoms with E-state index >= 15 is 0 Å². The molecule has 0 spiro atoms. The summed E-state index contributed by atoms with van der Waals surface area (Å²) in [4.78, 5) is 0. The Bertz CT molecular complexity index is 1230. The first kappa shape index (κ1) is 27.2. The Balaban J connectivity index is 1.64. The molecule has 4 aromatic rings. The summed E-state index contributed by atoms with van der Waals surface area (Å²) in [5.41, 5.74) is 3.13. The summed E-state index contributed by atoms with van der Waals surface area (Å²) in [6.45, 7) is 0. The largest absolute Gasteiger partial charge is 0.497 e. The molecule has 0 radical (unpaired) electrons. The van der Waals surface area contributed by atoms with Gasteiger partial charge in [0.2, 0.25) is 0 Å². The van der Waals surface area contributed by atoms with E-state index in [1.807, 2.05) is 48.5 Å². The van der Waals surface area contributed by atoms with Crippen LogP contribution in [0.4, 0.5) is 0 Å². The lowest BCUT2D eigenvalue weighted by Gasteiger charge is -2.39. The van der Waals surface area contributed by atoms with Crippen LogP contribution in [0.1, 0.15) is 47.9 Å². The summed E-state index contributed by atoms with van der Waals surface area (Å²) < 4.78 is 30.1. The summed E-state index contributed by atoms with van der Waals surface area (Å²) >= 11 is 0. The zero-order valence-corrected chi connectivity index (χ0v) is 24.3. The maximum absolute atomic E-state index is 7.86. The van der Waals surface area contributed by atoms with E-state index in [-0.39, 0.29) is 11.8 Å². The number of hydrogen-bond donors (Lipinski definition) is 0. The Morgan fingerprint density at radius 3 is 0.902 bits per heavy atom. The molecule has 0 N–H and O–H groups in total. The molecule has 0 amide bonds. The SMILES string of the molecule is COc1ccc(C2(c3ccc(OC)cc3)OC(c3ccc(OC)cc3)(c3ccc(OC)cc3)C3CCCCC32)cc1. The number of benzene rings is 4. The average molecular weight is 551 g/mol. The second-order valence-electron chi connectivity index (χ2n) is 11.0. The first-order valence-electron chi connectivity index (χ1n) is 14.4. The highest BCUT2D eigenvalue weighted by molar-refractivity contribution is 5.50. The molecular formula is C36H38O5. The van der Waals surface area contributed by atoms with Crippen LogP contribution in [0, 0.1) is 11.8 Å². The highest BCUT2D eigenvalue weighted by Crippen LogP contribution is 2.65. The summed E-state index contributed by atoms with van der Waals surface area (Å²) in [7, 11) is 6.82. The van der Waals surface area contributed by atoms with Gasteiger partial charge in [-0.1, -0.05) is 61.4 Å². The quantitative estimate of drug-likeness (QED) is 0.225. The van der Waals surface area contributed by atoms with Crippen molar-refractivity contribution in [2.45, 2.75) is 36.9 Å². The molecular weight excluding hydrogens is 512 g/mol. The highest BCUT2D eigenvalue weighted by atomic mass is 16.5. The molecule has 1 saturated heterocycles. The second kappa shape index (κ2) is 11.1. The summed E-state index contributed by atoms with van der Waals surface area (Å²) in [6, 6.07) is 33.7. The van der Waals surface area contributed by atoms with Crippen molar-refractivity contribution in [3.05, 3.63) is 119 Å². The molecule has 6 rings (SSSR count). The molecule has 2 fully saturated rings. The molecule has 41 heavy (non-hydrogen) atoms. The molecule has 1 aliphatic carbocycles. The van der Waals surface area contributed by atoms with E-state index in [0.29, 0.717) is 0 Å². The van der Waals surface area contributed by atoms with Crippen molar-refractivity contribution in [2.75, 3.05) is 28.4 Å². The molecule has 1 heterocycles. The number of ether oxygens (including phenoxy) is 5. The van der Waals surface area contributed by atoms with Crippen LogP contribution in [-0.2, 0) is 15.9 Å². The van der Waals surface area contributed by atoms with Crippen LogP contribution in [0.3, 0.4) is 0 Å². The fourth-order valence-electron chi connectivity index (χ4n) is 7.29. The standard InChI is InChI=1S/C36H38O5/c1-37-29-17-9-25(10-18-29)35(26-11-19-30(38-2)20-12-26)33-7-5-6-8-34(33)36(41-35,27-13-21-31(39-3)22-14-27)28-15-23-32(40-4)24-16-28/h9-24,33-34H,5-8H2,1-4H3. The second-order valence-corrected chi connectivity index (χ2v) is 11.0. The van der Waals surface area contributed by atoms with E-state index < -0.39 is 11.2 Å². The Morgan fingerprint density at radius 2 is 0.683 bits per heavy atom. The topological polar surface area (TPSA) is 46.2 Å². The van der Waals surface area contributed by atoms with Crippen molar-refractivity contribution >= 4 is 0 Å². The predicted octanol–water partition coefficient (Wildman–Crippen LogP) is 7.75. The van der Waals surface area contributed by atoms with Crippen molar-refractivity contribution < 1.29 is 23.7 Å². The van der Waals surface area contributed by atoms with Crippen LogP contribution >= 0.6 is 0 Å². The van der Waals surface area contributed by atoms with Gasteiger partial charge in [0.1, 0.15) is 34.2 Å². The van der Waals surface area contributed by atoms with Crippen LogP contribution < -0.4 is 18.9 Å². The lowest BCUT2D eigenvalue weighted by Crippen LogP contribution is -2.37. The zero-order valence-electron chi connectivity index (χ0n) is 24.3. The first-order chi connectivity index (χ1) is 20.1. The van der Waals surface area contributed by atoms with Gasteiger partial charge in [-0.25, -0.2) is 0 Å². The number of fused-ring (bicyclic) bond motifs is 1. The van der Waals surface area contributed by atoms with Crippen LogP contribution in [0.5, 0.6) is 23.0 Å². The third-order valence-corrected chi connectivity index (χ3v) is 9.21. The van der Waals surface area contributed by atoms with Crippen molar-refractivity contribution in [3.63, 3.8) is 0 Å². The maximum Gasteiger partial charge on any atom is 0.123 e. The van der Waals surface area contributed by atoms with Crippen molar-refractivity contribution in [1.29, 1.82) is 0 Å². The molecule has 4 aromatic carbocycles. The summed E-state index contributed by atoms with van der Waals surface area (Å²) in [5, 5.41) is 0. The van der Waals surface area contributed by atoms with E-state index in [2.05, 4.69) is 48.5 Å². The Morgan fingerprint density at radius 1 is 0.439 bits per heavy atom. The molecule has 1 aliphatic heterocycles. The summed E-state index contributed by atoms with van der Waals surface area (Å²) in [5.74, 6) is 3.79. The van der Waals surface area contributed by atoms with Crippen molar-refractivity contribution in [2.24, 2.45) is 11.8 Å². The molecule has 2 unspecified atom stereocenters. The van der Waals surface area contributed by atoms with Gasteiger partial charge in [-0.05, 0) is 83.6 Å². The lowest BCUT2D eigenvalue weighted by molar-refractivity contribution is -0.0845. The molecule has 5 nitrogen and oxygen atoms in total. The van der Waals surface area contributed by atoms with Gasteiger partial charge in [0.25, 0.3) is 0 Å². The number of methoxy groups -OCH3 is 4. The van der Waals surface area contributed by atoms with Gasteiger partial charge in [0.15, 0.2) is 0 Å². The van der Waals surface area contributed by atoms with Gasteiger partial charge in [-0.2, -0.15) is 0 Å². The van der Waals surface area contributed by atoms with Gasteiger partial charge >= 0.3 is 0 Å². The number of rotatable bonds is 8. The molecule has 2 atom stereocenters. The fourth-order valence-corrected chi connectivity index (χ4v) is 7.29. The minimum absolute atomic E-state index is 0.238. The fraction of sp³-hybridized carbons (Fsp3) is 0.333. The molecule has 0 bridgehead atoms. The van der Waals surface area contributed by atoms with Crippen LogP contribution in [0.25, 0.3) is 0 Å². The van der Waals surface area contributed by atoms with Gasteiger partial charge in [-0.15, -0.1) is 0 Å². The molecule has 1 saturated carbocycles. The average Bonchev–Trinajstić information content (AvgIpc) is 3.38. The molecule has 0 aromatic heterocycles. The van der Waals surface area contributed by atoms with E-state index in [0.717, 1.165) is 58.1 Å². The van der Waals surface area contributed by atoms with Gasteiger partial charge in [-0.3, -0.25) is 0 Å². The monoisotopic (exact) mass is 550 g/mol. The van der Waals surface area contributed by atoms with Gasteiger partial charge in [0.05, 0.1) is 28.4 Å². The third-order valence-electron chi connectivity index (χ3n) is 9.21. The van der Waals surface area contributed by atoms with E-state index in [1.165, 1.54) is 12.8 Å². The molecule has 2 aliphatic rings. The number of hydrogen-bond acceptors (Lipinski definition) is 5. The van der Waals surface area contributed by atoms with Gasteiger partial charge in [0, 0.05) is 11.8 Å². The zero-order chi connectivity index (χ0) is 28.5. The van der Waals surface area contributed by atoms with Crippen molar-refractivity contribution in [3.8, 4) is 23.0 Å². The summed E-state index contributed by atoms with van der Waals surface area (Å²) in [6.07, 6.45) is 4.47. The van der Waals surface area contributed by atoms with E-state index in [4.69, 9.17) is 23.7 Å². The Kier molecular flexibility index (Phi) is 7.39. The minimum Gasteiger partial charge on any atom is -0.497 e. The smallest absolute Gasteiger partial charge is 0.123 e. The van der Waals surface area contributed by atoms with E-state index in [1.54, 1.807) is 28.4 Å². The predicted molar refractivity (Wildman–Crippen MR) is 160 cm³/mol.